The molecule has 3 nitrogen and oxygen atoms in total. The summed E-state index contributed by atoms with van der Waals surface area (Å²) in [6.45, 7) is 5.53. The summed E-state index contributed by atoms with van der Waals surface area (Å²) in [5.41, 5.74) is 5.04. The second-order valence-corrected chi connectivity index (χ2v) is 10.3. The molecular weight excluding hydrogens is 458 g/mol. The number of benzene rings is 2. The average molecular weight is 496 g/mol. The van der Waals surface area contributed by atoms with E-state index in [1.54, 1.807) is 11.9 Å². The van der Waals surface area contributed by atoms with Crippen molar-refractivity contribution >= 4 is 34.5 Å². The van der Waals surface area contributed by atoms with Crippen molar-refractivity contribution in [2.24, 2.45) is 5.92 Å². The van der Waals surface area contributed by atoms with Gasteiger partial charge in [-0.3, -0.25) is 4.72 Å². The summed E-state index contributed by atoms with van der Waals surface area (Å²) < 4.78 is 5.44. The number of fused-ring (bicyclic) bond motifs is 1. The smallest absolute Gasteiger partial charge is 0.0995 e. The Hall–Kier alpha value is -1.93. The first-order chi connectivity index (χ1) is 16.6. The largest absolute Gasteiger partial charge is 0.316 e. The zero-order chi connectivity index (χ0) is 24.3. The Morgan fingerprint density at radius 1 is 1.12 bits per heavy atom. The van der Waals surface area contributed by atoms with Gasteiger partial charge in [-0.1, -0.05) is 69.1 Å². The van der Waals surface area contributed by atoms with Crippen LogP contribution in [0.1, 0.15) is 75.5 Å². The van der Waals surface area contributed by atoms with Crippen molar-refractivity contribution in [1.29, 1.82) is 5.26 Å². The van der Waals surface area contributed by atoms with Crippen LogP contribution in [0, 0.1) is 17.2 Å². The molecule has 1 aliphatic rings. The summed E-state index contributed by atoms with van der Waals surface area (Å²) in [6.07, 6.45) is 15.4. The molecule has 0 atom stereocenters. The highest BCUT2D eigenvalue weighted by Crippen LogP contribution is 2.29. The number of aromatic nitrogens is 1. The predicted octanol–water partition coefficient (Wildman–Crippen LogP) is 8.49. The molecule has 1 heterocycles. The summed E-state index contributed by atoms with van der Waals surface area (Å²) in [6, 6.07) is 14.9. The van der Waals surface area contributed by atoms with E-state index < -0.39 is 0 Å². The highest BCUT2D eigenvalue weighted by molar-refractivity contribution is 7.96. The van der Waals surface area contributed by atoms with E-state index in [1.165, 1.54) is 49.6 Å². The van der Waals surface area contributed by atoms with Gasteiger partial charge in [0.1, 0.15) is 0 Å². The van der Waals surface area contributed by atoms with Gasteiger partial charge in [-0.15, -0.1) is 0 Å². The van der Waals surface area contributed by atoms with E-state index >= 15 is 0 Å². The SMILES string of the molecule is CCCCc1c(Cl)cc(-n2ccc3cc(CC)ccc32)cc1C#N.CSNCC1CCCCC1. The number of rotatable bonds is 8. The van der Waals surface area contributed by atoms with Crippen LogP contribution in [0.5, 0.6) is 0 Å². The Balaban J connectivity index is 0.000000271. The predicted molar refractivity (Wildman–Crippen MR) is 149 cm³/mol. The molecule has 1 fully saturated rings. The van der Waals surface area contributed by atoms with E-state index in [4.69, 9.17) is 11.6 Å². The van der Waals surface area contributed by atoms with E-state index in [1.807, 2.05) is 18.3 Å². The molecule has 0 spiro atoms. The highest BCUT2D eigenvalue weighted by atomic mass is 35.5. The minimum atomic E-state index is 0.679. The molecule has 0 amide bonds. The number of nitrogens with zero attached hydrogens (tertiary/aromatic N) is 2. The molecule has 1 N–H and O–H groups in total. The molecule has 0 aliphatic heterocycles. The van der Waals surface area contributed by atoms with Crippen LogP contribution in [-0.2, 0) is 12.8 Å². The van der Waals surface area contributed by atoms with E-state index in [2.05, 4.69) is 59.7 Å². The van der Waals surface area contributed by atoms with Gasteiger partial charge in [-0.2, -0.15) is 5.26 Å². The average Bonchev–Trinajstić information content (AvgIpc) is 3.30. The molecule has 1 aromatic heterocycles. The molecule has 182 valence electrons. The quantitative estimate of drug-likeness (QED) is 0.318. The van der Waals surface area contributed by atoms with Crippen molar-refractivity contribution in [1.82, 2.24) is 9.29 Å². The summed E-state index contributed by atoms with van der Waals surface area (Å²) in [5, 5.41) is 11.4. The molecule has 4 rings (SSSR count). The van der Waals surface area contributed by atoms with Gasteiger partial charge in [-0.25, -0.2) is 0 Å². The Kier molecular flexibility index (Phi) is 10.8. The molecule has 1 aliphatic carbocycles. The first-order valence-corrected chi connectivity index (χ1v) is 14.3. The van der Waals surface area contributed by atoms with E-state index in [-0.39, 0.29) is 0 Å². The van der Waals surface area contributed by atoms with Gasteiger partial charge >= 0.3 is 0 Å². The molecule has 1 saturated carbocycles. The number of aryl methyl sites for hydroxylation is 1. The van der Waals surface area contributed by atoms with Crippen molar-refractivity contribution in [3.05, 3.63) is 64.3 Å². The van der Waals surface area contributed by atoms with Gasteiger partial charge in [0.05, 0.1) is 17.1 Å². The third-order valence-corrected chi connectivity index (χ3v) is 7.56. The maximum atomic E-state index is 9.53. The topological polar surface area (TPSA) is 40.8 Å². The summed E-state index contributed by atoms with van der Waals surface area (Å²) in [7, 11) is 0. The van der Waals surface area contributed by atoms with Gasteiger partial charge in [0.15, 0.2) is 0 Å². The lowest BCUT2D eigenvalue weighted by Crippen LogP contribution is -2.18. The lowest BCUT2D eigenvalue weighted by molar-refractivity contribution is 0.360. The van der Waals surface area contributed by atoms with Crippen LogP contribution < -0.4 is 4.72 Å². The standard InChI is InChI=1S/C21H21ClN2.C8H17NS/c1-3-5-6-19-17(14-23)12-18(13-20(19)22)24-10-9-16-11-15(4-2)7-8-21(16)24;1-10-9-7-8-5-3-2-4-6-8/h7-13H,3-6H2,1-2H3;8-9H,2-7H2,1H3. The summed E-state index contributed by atoms with van der Waals surface area (Å²) >= 11 is 8.25. The second kappa shape index (κ2) is 13.8. The zero-order valence-corrected chi connectivity index (χ0v) is 22.4. The Bertz CT molecular complexity index is 1090. The summed E-state index contributed by atoms with van der Waals surface area (Å²) in [4.78, 5) is 0. The first kappa shape index (κ1) is 26.7. The van der Waals surface area contributed by atoms with Crippen LogP contribution >= 0.6 is 23.5 Å². The third-order valence-electron chi connectivity index (χ3n) is 6.76. The van der Waals surface area contributed by atoms with Crippen molar-refractivity contribution in [2.75, 3.05) is 12.8 Å². The number of hydrogen-bond acceptors (Lipinski definition) is 3. The summed E-state index contributed by atoms with van der Waals surface area (Å²) in [5.74, 6) is 0.973. The van der Waals surface area contributed by atoms with Crippen LogP contribution in [-0.4, -0.2) is 17.4 Å². The lowest BCUT2D eigenvalue weighted by atomic mass is 9.90. The lowest BCUT2D eigenvalue weighted by Gasteiger charge is -2.20. The number of nitriles is 1. The maximum Gasteiger partial charge on any atom is 0.0995 e. The molecule has 3 aromatic rings. The second-order valence-electron chi connectivity index (χ2n) is 9.16. The number of halogens is 1. The number of nitrogens with one attached hydrogen (secondary N) is 1. The van der Waals surface area contributed by atoms with Gasteiger partial charge < -0.3 is 4.57 Å². The number of hydrogen-bond donors (Lipinski definition) is 1. The Labute approximate surface area is 215 Å². The molecule has 0 radical (unpaired) electrons. The Morgan fingerprint density at radius 2 is 1.91 bits per heavy atom. The van der Waals surface area contributed by atoms with Gasteiger partial charge in [0, 0.05) is 28.8 Å². The van der Waals surface area contributed by atoms with Crippen LogP contribution in [0.2, 0.25) is 5.02 Å². The fourth-order valence-electron chi connectivity index (χ4n) is 4.70. The Morgan fingerprint density at radius 3 is 2.59 bits per heavy atom. The number of unbranched alkanes of at least 4 members (excludes halogenated alkanes) is 1. The van der Waals surface area contributed by atoms with Crippen LogP contribution in [0.3, 0.4) is 0 Å². The minimum absolute atomic E-state index is 0.679. The van der Waals surface area contributed by atoms with E-state index in [0.717, 1.165) is 48.4 Å². The normalized spacial score (nSPS) is 14.0. The van der Waals surface area contributed by atoms with Gasteiger partial charge in [0.25, 0.3) is 0 Å². The van der Waals surface area contributed by atoms with Crippen LogP contribution in [0.25, 0.3) is 16.6 Å². The van der Waals surface area contributed by atoms with E-state index in [9.17, 15) is 5.26 Å². The van der Waals surface area contributed by atoms with Crippen LogP contribution in [0.15, 0.2) is 42.6 Å². The molecule has 34 heavy (non-hydrogen) atoms. The maximum absolute atomic E-state index is 9.53. The molecular formula is C29H38ClN3S. The van der Waals surface area contributed by atoms with Crippen molar-refractivity contribution in [3.8, 4) is 11.8 Å². The van der Waals surface area contributed by atoms with Gasteiger partial charge in [-0.05, 0) is 85.7 Å². The fourth-order valence-corrected chi connectivity index (χ4v) is 5.41. The minimum Gasteiger partial charge on any atom is -0.316 e. The van der Waals surface area contributed by atoms with Crippen molar-refractivity contribution in [3.63, 3.8) is 0 Å². The highest BCUT2D eigenvalue weighted by Gasteiger charge is 2.13. The monoisotopic (exact) mass is 495 g/mol. The van der Waals surface area contributed by atoms with Crippen molar-refractivity contribution < 1.29 is 0 Å². The third kappa shape index (κ3) is 7.04. The van der Waals surface area contributed by atoms with Crippen LogP contribution in [0.4, 0.5) is 0 Å². The van der Waals surface area contributed by atoms with E-state index in [0.29, 0.717) is 10.6 Å². The van der Waals surface area contributed by atoms with Crippen molar-refractivity contribution in [2.45, 2.75) is 71.6 Å². The molecule has 5 heteroatoms. The first-order valence-electron chi connectivity index (χ1n) is 12.7. The molecule has 2 aromatic carbocycles. The molecule has 0 bridgehead atoms. The van der Waals surface area contributed by atoms with Gasteiger partial charge in [0.2, 0.25) is 0 Å². The zero-order valence-electron chi connectivity index (χ0n) is 20.9. The fraction of sp³-hybridized carbons (Fsp3) is 0.483. The molecule has 0 unspecified atom stereocenters. The molecule has 0 saturated heterocycles.